The highest BCUT2D eigenvalue weighted by molar-refractivity contribution is 7.13. The second-order valence-electron chi connectivity index (χ2n) is 6.01. The van der Waals surface area contributed by atoms with E-state index in [1.165, 1.54) is 23.5 Å². The second-order valence-corrected chi connectivity index (χ2v) is 6.96. The van der Waals surface area contributed by atoms with E-state index in [1.54, 1.807) is 21.7 Å². The Kier molecular flexibility index (Phi) is 4.99. The van der Waals surface area contributed by atoms with Crippen LogP contribution in [0.3, 0.4) is 0 Å². The van der Waals surface area contributed by atoms with E-state index in [4.69, 9.17) is 0 Å². The molecule has 140 valence electrons. The van der Waals surface area contributed by atoms with Crippen LogP contribution in [-0.2, 0) is 0 Å². The van der Waals surface area contributed by atoms with Crippen LogP contribution < -0.4 is 4.90 Å². The quantitative estimate of drug-likeness (QED) is 0.490. The van der Waals surface area contributed by atoms with Crippen LogP contribution in [0.25, 0.3) is 16.4 Å². The summed E-state index contributed by atoms with van der Waals surface area (Å²) in [5.41, 5.74) is 1.42. The molecule has 1 amide bonds. The molecule has 7 heteroatoms. The first-order valence-electron chi connectivity index (χ1n) is 8.81. The number of rotatable bonds is 5. The number of aromatic nitrogens is 3. The van der Waals surface area contributed by atoms with Gasteiger partial charge in [0.1, 0.15) is 5.82 Å². The molecule has 0 unspecified atom stereocenters. The van der Waals surface area contributed by atoms with Crippen molar-refractivity contribution in [2.45, 2.75) is 6.92 Å². The van der Waals surface area contributed by atoms with E-state index in [9.17, 15) is 9.18 Å². The van der Waals surface area contributed by atoms with Gasteiger partial charge in [0, 0.05) is 12.2 Å². The Hall–Kier alpha value is -3.32. The highest BCUT2D eigenvalue weighted by Crippen LogP contribution is 2.26. The largest absolute Gasteiger partial charge is 0.306 e. The lowest BCUT2D eigenvalue weighted by atomic mass is 10.3. The molecule has 28 heavy (non-hydrogen) atoms. The SMILES string of the molecule is CCN(C(=O)c1nc(-c2cccs2)n(-c2ccc(F)cc2)n1)c1ccccc1. The normalized spacial score (nSPS) is 10.8. The summed E-state index contributed by atoms with van der Waals surface area (Å²) in [5, 5.41) is 6.39. The summed E-state index contributed by atoms with van der Waals surface area (Å²) in [7, 11) is 0. The van der Waals surface area contributed by atoms with Crippen LogP contribution in [0, 0.1) is 5.82 Å². The van der Waals surface area contributed by atoms with Crippen molar-refractivity contribution in [3.05, 3.63) is 83.8 Å². The minimum absolute atomic E-state index is 0.0958. The van der Waals surface area contributed by atoms with Crippen molar-refractivity contribution in [3.63, 3.8) is 0 Å². The minimum Gasteiger partial charge on any atom is -0.306 e. The molecule has 0 radical (unpaired) electrons. The van der Waals surface area contributed by atoms with Crippen molar-refractivity contribution in [1.82, 2.24) is 14.8 Å². The van der Waals surface area contributed by atoms with Crippen LogP contribution >= 0.6 is 11.3 Å². The van der Waals surface area contributed by atoms with Gasteiger partial charge < -0.3 is 4.90 Å². The third kappa shape index (κ3) is 3.44. The zero-order valence-electron chi connectivity index (χ0n) is 15.1. The van der Waals surface area contributed by atoms with Gasteiger partial charge in [0.2, 0.25) is 5.82 Å². The van der Waals surface area contributed by atoms with E-state index < -0.39 is 0 Å². The predicted molar refractivity (Wildman–Crippen MR) is 108 cm³/mol. The summed E-state index contributed by atoms with van der Waals surface area (Å²) in [6.07, 6.45) is 0. The average molecular weight is 392 g/mol. The summed E-state index contributed by atoms with van der Waals surface area (Å²) < 4.78 is 14.9. The fourth-order valence-electron chi connectivity index (χ4n) is 2.90. The standard InChI is InChI=1S/C21H17FN4OS/c1-2-25(16-7-4-3-5-8-16)21(27)19-23-20(18-9-6-14-28-18)26(24-19)17-12-10-15(22)11-13-17/h3-14H,2H2,1H3. The number of nitrogens with zero attached hydrogens (tertiary/aromatic N) is 4. The first kappa shape index (κ1) is 18.1. The first-order chi connectivity index (χ1) is 13.7. The van der Waals surface area contributed by atoms with E-state index in [-0.39, 0.29) is 17.5 Å². The molecule has 0 saturated carbocycles. The Morgan fingerprint density at radius 3 is 2.46 bits per heavy atom. The summed E-state index contributed by atoms with van der Waals surface area (Å²) in [6.45, 7) is 2.39. The number of amides is 1. The molecule has 5 nitrogen and oxygen atoms in total. The van der Waals surface area contributed by atoms with Gasteiger partial charge in [0.15, 0.2) is 5.82 Å². The summed E-state index contributed by atoms with van der Waals surface area (Å²) >= 11 is 1.50. The molecule has 0 aliphatic carbocycles. The molecule has 4 rings (SSSR count). The van der Waals surface area contributed by atoms with Gasteiger partial charge in [-0.3, -0.25) is 4.79 Å². The smallest absolute Gasteiger partial charge is 0.297 e. The zero-order valence-corrected chi connectivity index (χ0v) is 15.9. The topological polar surface area (TPSA) is 51.0 Å². The highest BCUT2D eigenvalue weighted by atomic mass is 32.1. The number of thiophene rings is 1. The molecule has 4 aromatic rings. The van der Waals surface area contributed by atoms with Crippen LogP contribution in [-0.4, -0.2) is 27.2 Å². The van der Waals surface area contributed by atoms with E-state index in [0.717, 1.165) is 10.6 Å². The molecule has 0 spiro atoms. The van der Waals surface area contributed by atoms with Crippen LogP contribution in [0.15, 0.2) is 72.1 Å². The molecule has 0 atom stereocenters. The number of hydrogen-bond acceptors (Lipinski definition) is 4. The highest BCUT2D eigenvalue weighted by Gasteiger charge is 2.24. The van der Waals surface area contributed by atoms with Crippen molar-refractivity contribution < 1.29 is 9.18 Å². The van der Waals surface area contributed by atoms with Crippen LogP contribution in [0.1, 0.15) is 17.5 Å². The Bertz CT molecular complexity index is 1080. The Morgan fingerprint density at radius 2 is 1.82 bits per heavy atom. The third-order valence-corrected chi connectivity index (χ3v) is 5.11. The molecule has 0 aliphatic heterocycles. The van der Waals surface area contributed by atoms with Gasteiger partial charge >= 0.3 is 0 Å². The van der Waals surface area contributed by atoms with Crippen LogP contribution in [0.5, 0.6) is 0 Å². The lowest BCUT2D eigenvalue weighted by Crippen LogP contribution is -2.31. The molecular formula is C21H17FN4OS. The van der Waals surface area contributed by atoms with Crippen molar-refractivity contribution in [1.29, 1.82) is 0 Å². The molecule has 0 bridgehead atoms. The number of carbonyl (C=O) groups is 1. The fraction of sp³-hybridized carbons (Fsp3) is 0.0952. The van der Waals surface area contributed by atoms with E-state index in [1.807, 2.05) is 54.8 Å². The molecule has 0 N–H and O–H groups in total. The lowest BCUT2D eigenvalue weighted by Gasteiger charge is -2.19. The van der Waals surface area contributed by atoms with E-state index in [2.05, 4.69) is 10.1 Å². The van der Waals surface area contributed by atoms with Crippen molar-refractivity contribution in [3.8, 4) is 16.4 Å². The van der Waals surface area contributed by atoms with Gasteiger partial charge in [-0.1, -0.05) is 24.3 Å². The number of para-hydroxylation sites is 1. The maximum Gasteiger partial charge on any atom is 0.297 e. The molecule has 2 heterocycles. The maximum atomic E-state index is 13.3. The average Bonchev–Trinajstić information content (AvgIpc) is 3.40. The molecule has 0 aliphatic rings. The molecule has 0 saturated heterocycles. The predicted octanol–water partition coefficient (Wildman–Crippen LogP) is 4.80. The summed E-state index contributed by atoms with van der Waals surface area (Å²) in [6, 6.07) is 19.2. The Balaban J connectivity index is 1.79. The summed E-state index contributed by atoms with van der Waals surface area (Å²) in [4.78, 5) is 20.2. The van der Waals surface area contributed by atoms with Gasteiger partial charge in [-0.15, -0.1) is 16.4 Å². The van der Waals surface area contributed by atoms with Gasteiger partial charge in [-0.05, 0) is 54.8 Å². The second kappa shape index (κ2) is 7.74. The van der Waals surface area contributed by atoms with Gasteiger partial charge in [0.05, 0.1) is 10.6 Å². The molecule has 2 aromatic heterocycles. The molecule has 0 fully saturated rings. The number of benzene rings is 2. The van der Waals surface area contributed by atoms with Gasteiger partial charge in [0.25, 0.3) is 5.91 Å². The lowest BCUT2D eigenvalue weighted by molar-refractivity contribution is 0.0978. The molecular weight excluding hydrogens is 375 g/mol. The van der Waals surface area contributed by atoms with Crippen LogP contribution in [0.2, 0.25) is 0 Å². The van der Waals surface area contributed by atoms with Crippen molar-refractivity contribution in [2.75, 3.05) is 11.4 Å². The van der Waals surface area contributed by atoms with Gasteiger partial charge in [-0.25, -0.2) is 14.1 Å². The minimum atomic E-state index is -0.334. The van der Waals surface area contributed by atoms with Crippen molar-refractivity contribution in [2.24, 2.45) is 0 Å². The first-order valence-corrected chi connectivity index (χ1v) is 9.69. The zero-order chi connectivity index (χ0) is 19.5. The maximum absolute atomic E-state index is 13.3. The third-order valence-electron chi connectivity index (χ3n) is 4.24. The molecule has 2 aromatic carbocycles. The number of halogens is 1. The van der Waals surface area contributed by atoms with Gasteiger partial charge in [-0.2, -0.15) is 0 Å². The van der Waals surface area contributed by atoms with Crippen LogP contribution in [0.4, 0.5) is 10.1 Å². The van der Waals surface area contributed by atoms with E-state index in [0.29, 0.717) is 18.1 Å². The fourth-order valence-corrected chi connectivity index (χ4v) is 3.60. The van der Waals surface area contributed by atoms with E-state index >= 15 is 0 Å². The number of carbonyl (C=O) groups excluding carboxylic acids is 1. The summed E-state index contributed by atoms with van der Waals surface area (Å²) in [5.74, 6) is 0.0268. The van der Waals surface area contributed by atoms with Crippen molar-refractivity contribution >= 4 is 22.9 Å². The number of hydrogen-bond donors (Lipinski definition) is 0. The monoisotopic (exact) mass is 392 g/mol. The Labute approximate surface area is 165 Å². The Morgan fingerprint density at radius 1 is 1.07 bits per heavy atom. The number of anilines is 1.